The van der Waals surface area contributed by atoms with Gasteiger partial charge in [-0.25, -0.2) is 5.84 Å². The van der Waals surface area contributed by atoms with Crippen LogP contribution in [-0.4, -0.2) is 35.6 Å². The van der Waals surface area contributed by atoms with E-state index in [1.165, 1.54) is 0 Å². The van der Waals surface area contributed by atoms with Gasteiger partial charge in [-0.05, 0) is 38.1 Å². The lowest BCUT2D eigenvalue weighted by atomic mass is 10.1. The highest BCUT2D eigenvalue weighted by molar-refractivity contribution is 5.93. The highest BCUT2D eigenvalue weighted by atomic mass is 16.3. The van der Waals surface area contributed by atoms with Gasteiger partial charge in [-0.3, -0.25) is 10.2 Å². The quantitative estimate of drug-likeness (QED) is 0.391. The first-order chi connectivity index (χ1) is 8.52. The van der Waals surface area contributed by atoms with Gasteiger partial charge in [-0.1, -0.05) is 12.1 Å². The Balaban J connectivity index is 2.59. The molecule has 5 heteroatoms. The van der Waals surface area contributed by atoms with E-state index in [-0.39, 0.29) is 12.0 Å². The highest BCUT2D eigenvalue weighted by Crippen LogP contribution is 2.08. The summed E-state index contributed by atoms with van der Waals surface area (Å²) in [4.78, 5) is 13.5. The van der Waals surface area contributed by atoms with Gasteiger partial charge in [0.15, 0.2) is 0 Å². The van der Waals surface area contributed by atoms with Crippen LogP contribution in [0.15, 0.2) is 24.3 Å². The van der Waals surface area contributed by atoms with Gasteiger partial charge in [-0.2, -0.15) is 0 Å². The maximum atomic E-state index is 11.4. The fraction of sp³-hybridized carbons (Fsp3) is 0.462. The van der Waals surface area contributed by atoms with Crippen molar-refractivity contribution in [2.75, 3.05) is 13.6 Å². The first-order valence-electron chi connectivity index (χ1n) is 5.99. The van der Waals surface area contributed by atoms with E-state index < -0.39 is 0 Å². The summed E-state index contributed by atoms with van der Waals surface area (Å²) in [6.07, 6.45) is 0.446. The molecule has 5 nitrogen and oxygen atoms in total. The zero-order valence-corrected chi connectivity index (χ0v) is 10.9. The number of hydrazine groups is 1. The number of nitrogens with zero attached hydrogens (tertiary/aromatic N) is 1. The molecular weight excluding hydrogens is 230 g/mol. The molecule has 0 heterocycles. The molecule has 0 aliphatic carbocycles. The number of nitrogen functional groups attached to an aromatic ring is 1. The van der Waals surface area contributed by atoms with Crippen LogP contribution in [0, 0.1) is 0 Å². The smallest absolute Gasteiger partial charge is 0.265 e. The molecular formula is C13H21N3O2. The minimum Gasteiger partial charge on any atom is -0.393 e. The molecule has 1 unspecified atom stereocenters. The van der Waals surface area contributed by atoms with Gasteiger partial charge >= 0.3 is 0 Å². The lowest BCUT2D eigenvalue weighted by Crippen LogP contribution is -2.30. The van der Waals surface area contributed by atoms with Crippen LogP contribution in [0.25, 0.3) is 0 Å². The standard InChI is InChI=1S/C13H21N3O2/c1-10(17)6-7-16(2)9-11-4-3-5-12(8-11)13(18)15-14/h3-5,8,10,17H,6-7,9,14H2,1-2H3,(H,15,18). The Kier molecular flexibility index (Phi) is 5.77. The average molecular weight is 251 g/mol. The summed E-state index contributed by atoms with van der Waals surface area (Å²) < 4.78 is 0. The third-order valence-corrected chi connectivity index (χ3v) is 2.70. The molecule has 1 aromatic rings. The second kappa shape index (κ2) is 7.10. The lowest BCUT2D eigenvalue weighted by molar-refractivity contribution is 0.0953. The summed E-state index contributed by atoms with van der Waals surface area (Å²) in [6.45, 7) is 3.32. The van der Waals surface area contributed by atoms with E-state index in [1.54, 1.807) is 13.0 Å². The minimum absolute atomic E-state index is 0.288. The summed E-state index contributed by atoms with van der Waals surface area (Å²) in [7, 11) is 1.98. The Hall–Kier alpha value is -1.43. The van der Waals surface area contributed by atoms with Crippen LogP contribution in [-0.2, 0) is 6.54 Å². The van der Waals surface area contributed by atoms with Gasteiger partial charge in [0.25, 0.3) is 5.91 Å². The van der Waals surface area contributed by atoms with E-state index in [1.807, 2.05) is 25.2 Å². The van der Waals surface area contributed by atoms with Crippen molar-refractivity contribution in [2.24, 2.45) is 5.84 Å². The second-order valence-corrected chi connectivity index (χ2v) is 4.55. The normalized spacial score (nSPS) is 12.5. The van der Waals surface area contributed by atoms with E-state index in [0.717, 1.165) is 25.1 Å². The minimum atomic E-state index is -0.290. The van der Waals surface area contributed by atoms with Crippen LogP contribution >= 0.6 is 0 Å². The SMILES string of the molecule is CC(O)CCN(C)Cc1cccc(C(=O)NN)c1. The first-order valence-corrected chi connectivity index (χ1v) is 5.99. The Morgan fingerprint density at radius 2 is 2.28 bits per heavy atom. The first kappa shape index (κ1) is 14.6. The number of aliphatic hydroxyl groups is 1. The Morgan fingerprint density at radius 3 is 2.89 bits per heavy atom. The molecule has 4 N–H and O–H groups in total. The van der Waals surface area contributed by atoms with Crippen molar-refractivity contribution in [3.8, 4) is 0 Å². The molecule has 18 heavy (non-hydrogen) atoms. The molecule has 1 atom stereocenters. The van der Waals surface area contributed by atoms with Crippen molar-refractivity contribution in [2.45, 2.75) is 26.0 Å². The van der Waals surface area contributed by atoms with Crippen LogP contribution in [0.2, 0.25) is 0 Å². The number of hydrogen-bond donors (Lipinski definition) is 3. The van der Waals surface area contributed by atoms with E-state index >= 15 is 0 Å². The van der Waals surface area contributed by atoms with Crippen molar-refractivity contribution in [3.05, 3.63) is 35.4 Å². The summed E-state index contributed by atoms with van der Waals surface area (Å²) in [6, 6.07) is 7.34. The fourth-order valence-corrected chi connectivity index (χ4v) is 1.69. The molecule has 0 saturated heterocycles. The molecule has 0 bridgehead atoms. The molecule has 1 aromatic carbocycles. The van der Waals surface area contributed by atoms with Crippen molar-refractivity contribution < 1.29 is 9.90 Å². The van der Waals surface area contributed by atoms with Crippen molar-refractivity contribution >= 4 is 5.91 Å². The van der Waals surface area contributed by atoms with E-state index in [2.05, 4.69) is 10.3 Å². The third-order valence-electron chi connectivity index (χ3n) is 2.70. The van der Waals surface area contributed by atoms with Gasteiger partial charge in [0.2, 0.25) is 0 Å². The number of carbonyl (C=O) groups excluding carboxylic acids is 1. The number of benzene rings is 1. The number of amides is 1. The number of nitrogens with one attached hydrogen (secondary N) is 1. The predicted octanol–water partition coefficient (Wildman–Crippen LogP) is 0.493. The van der Waals surface area contributed by atoms with Crippen molar-refractivity contribution in [1.29, 1.82) is 0 Å². The third kappa shape index (κ3) is 4.83. The molecule has 0 saturated carbocycles. The number of aliphatic hydroxyl groups excluding tert-OH is 1. The summed E-state index contributed by atoms with van der Waals surface area (Å²) >= 11 is 0. The zero-order valence-electron chi connectivity index (χ0n) is 10.9. The van der Waals surface area contributed by atoms with Gasteiger partial charge < -0.3 is 10.0 Å². The Labute approximate surface area is 108 Å². The van der Waals surface area contributed by atoms with Crippen LogP contribution < -0.4 is 11.3 Å². The Bertz CT molecular complexity index is 394. The van der Waals surface area contributed by atoms with Gasteiger partial charge in [0, 0.05) is 18.7 Å². The molecule has 100 valence electrons. The second-order valence-electron chi connectivity index (χ2n) is 4.55. The average Bonchev–Trinajstić information content (AvgIpc) is 2.35. The lowest BCUT2D eigenvalue weighted by Gasteiger charge is -2.17. The van der Waals surface area contributed by atoms with Crippen LogP contribution in [0.1, 0.15) is 29.3 Å². The molecule has 0 radical (unpaired) electrons. The Morgan fingerprint density at radius 1 is 1.56 bits per heavy atom. The molecule has 1 rings (SSSR count). The topological polar surface area (TPSA) is 78.6 Å². The zero-order chi connectivity index (χ0) is 13.5. The van der Waals surface area contributed by atoms with Crippen LogP contribution in [0.3, 0.4) is 0 Å². The molecule has 0 aliphatic heterocycles. The van der Waals surface area contributed by atoms with Gasteiger partial charge in [-0.15, -0.1) is 0 Å². The van der Waals surface area contributed by atoms with E-state index in [0.29, 0.717) is 5.56 Å². The maximum Gasteiger partial charge on any atom is 0.265 e. The number of nitrogens with two attached hydrogens (primary N) is 1. The molecule has 0 aromatic heterocycles. The highest BCUT2D eigenvalue weighted by Gasteiger charge is 2.06. The summed E-state index contributed by atoms with van der Waals surface area (Å²) in [5, 5.41) is 9.22. The monoisotopic (exact) mass is 251 g/mol. The largest absolute Gasteiger partial charge is 0.393 e. The number of rotatable bonds is 6. The number of carbonyl (C=O) groups is 1. The van der Waals surface area contributed by atoms with Crippen molar-refractivity contribution in [3.63, 3.8) is 0 Å². The van der Waals surface area contributed by atoms with Crippen LogP contribution in [0.5, 0.6) is 0 Å². The summed E-state index contributed by atoms with van der Waals surface area (Å²) in [5.41, 5.74) is 3.72. The molecule has 0 fully saturated rings. The van der Waals surface area contributed by atoms with Gasteiger partial charge in [0.1, 0.15) is 0 Å². The van der Waals surface area contributed by atoms with E-state index in [4.69, 9.17) is 5.84 Å². The fourth-order valence-electron chi connectivity index (χ4n) is 1.69. The van der Waals surface area contributed by atoms with Crippen molar-refractivity contribution in [1.82, 2.24) is 10.3 Å². The number of hydrogen-bond acceptors (Lipinski definition) is 4. The molecule has 0 spiro atoms. The van der Waals surface area contributed by atoms with E-state index in [9.17, 15) is 9.90 Å². The van der Waals surface area contributed by atoms with Crippen LogP contribution in [0.4, 0.5) is 0 Å². The molecule has 1 amide bonds. The maximum absolute atomic E-state index is 11.4. The van der Waals surface area contributed by atoms with Gasteiger partial charge in [0.05, 0.1) is 6.10 Å². The summed E-state index contributed by atoms with van der Waals surface area (Å²) in [5.74, 6) is 4.81. The molecule has 0 aliphatic rings. The predicted molar refractivity (Wildman–Crippen MR) is 70.7 cm³/mol.